The van der Waals surface area contributed by atoms with E-state index in [0.29, 0.717) is 41.5 Å². The molecule has 0 N–H and O–H groups in total. The smallest absolute Gasteiger partial charge is 0.293 e. The fraction of sp³-hybridized carbons (Fsp3) is 0.120. The zero-order valence-electron chi connectivity index (χ0n) is 18.0. The van der Waals surface area contributed by atoms with Crippen molar-refractivity contribution in [1.82, 2.24) is 4.90 Å². The number of carbonyl (C=O) groups is 2. The monoisotopic (exact) mass is 611 g/mol. The molecule has 5 nitrogen and oxygen atoms in total. The van der Waals surface area contributed by atoms with Crippen molar-refractivity contribution in [1.29, 1.82) is 0 Å². The van der Waals surface area contributed by atoms with Gasteiger partial charge in [0.2, 0.25) is 0 Å². The van der Waals surface area contributed by atoms with Gasteiger partial charge in [0.1, 0.15) is 19.0 Å². The summed E-state index contributed by atoms with van der Waals surface area (Å²) >= 11 is 23.0. The summed E-state index contributed by atoms with van der Waals surface area (Å²) in [6.07, 6.45) is 1.62. The van der Waals surface area contributed by atoms with Gasteiger partial charge < -0.3 is 9.47 Å². The van der Waals surface area contributed by atoms with Crippen molar-refractivity contribution in [3.63, 3.8) is 0 Å². The highest BCUT2D eigenvalue weighted by molar-refractivity contribution is 9.10. The van der Waals surface area contributed by atoms with Crippen molar-refractivity contribution < 1.29 is 19.1 Å². The summed E-state index contributed by atoms with van der Waals surface area (Å²) in [5, 5.41) is 1.05. The van der Waals surface area contributed by atoms with Crippen molar-refractivity contribution in [2.75, 3.05) is 13.2 Å². The highest BCUT2D eigenvalue weighted by atomic mass is 79.9. The molecule has 1 aliphatic rings. The number of nitrogens with zero attached hydrogens (tertiary/aromatic N) is 1. The van der Waals surface area contributed by atoms with Gasteiger partial charge in [-0.3, -0.25) is 14.5 Å². The molecule has 3 aromatic carbocycles. The van der Waals surface area contributed by atoms with Gasteiger partial charge in [-0.05, 0) is 69.7 Å². The van der Waals surface area contributed by atoms with Gasteiger partial charge in [-0.2, -0.15) is 0 Å². The summed E-state index contributed by atoms with van der Waals surface area (Å²) in [5.74, 6) is 0.552. The predicted octanol–water partition coefficient (Wildman–Crippen LogP) is 8.10. The minimum atomic E-state index is -0.394. The summed E-state index contributed by atoms with van der Waals surface area (Å²) in [6, 6.07) is 17.8. The zero-order chi connectivity index (χ0) is 24.9. The number of ether oxygens (including phenoxy) is 2. The van der Waals surface area contributed by atoms with Crippen LogP contribution in [0.5, 0.6) is 11.5 Å². The molecule has 0 saturated carbocycles. The molecule has 1 heterocycles. The Morgan fingerprint density at radius 2 is 1.63 bits per heavy atom. The number of thioether (sulfide) groups is 1. The van der Waals surface area contributed by atoms with Gasteiger partial charge in [0.05, 0.1) is 26.0 Å². The molecule has 0 radical (unpaired) electrons. The molecule has 1 aliphatic heterocycles. The summed E-state index contributed by atoms with van der Waals surface area (Å²) in [5.41, 5.74) is 1.47. The largest absolute Gasteiger partial charge is 0.490 e. The topological polar surface area (TPSA) is 55.8 Å². The van der Waals surface area contributed by atoms with Crippen LogP contribution in [0.15, 0.2) is 70.0 Å². The second-order valence-corrected chi connectivity index (χ2v) is 10.4. The van der Waals surface area contributed by atoms with Crippen LogP contribution < -0.4 is 9.47 Å². The Hall–Kier alpha value is -2.16. The molecule has 3 aromatic rings. The highest BCUT2D eigenvalue weighted by Gasteiger charge is 2.35. The van der Waals surface area contributed by atoms with E-state index in [9.17, 15) is 9.59 Å². The van der Waals surface area contributed by atoms with E-state index in [2.05, 4.69) is 15.9 Å². The molecule has 0 unspecified atom stereocenters. The Morgan fingerprint density at radius 1 is 0.914 bits per heavy atom. The Morgan fingerprint density at radius 3 is 2.34 bits per heavy atom. The van der Waals surface area contributed by atoms with E-state index in [1.807, 2.05) is 18.2 Å². The molecule has 1 saturated heterocycles. The van der Waals surface area contributed by atoms with Crippen molar-refractivity contribution in [2.45, 2.75) is 6.61 Å². The van der Waals surface area contributed by atoms with Gasteiger partial charge in [-0.25, -0.2) is 0 Å². The molecule has 10 heteroatoms. The van der Waals surface area contributed by atoms with Crippen LogP contribution in [0.25, 0.3) is 6.08 Å². The molecular weight excluding hydrogens is 597 g/mol. The van der Waals surface area contributed by atoms with E-state index < -0.39 is 5.91 Å². The Labute approximate surface area is 230 Å². The molecule has 0 aromatic heterocycles. The third-order valence-corrected chi connectivity index (χ3v) is 7.39. The van der Waals surface area contributed by atoms with Crippen LogP contribution in [-0.4, -0.2) is 29.2 Å². The first-order valence-corrected chi connectivity index (χ1v) is 13.1. The number of rotatable bonds is 8. The van der Waals surface area contributed by atoms with Crippen molar-refractivity contribution >= 4 is 79.7 Å². The van der Waals surface area contributed by atoms with E-state index in [0.717, 1.165) is 22.2 Å². The molecule has 1 fully saturated rings. The van der Waals surface area contributed by atoms with Gasteiger partial charge >= 0.3 is 0 Å². The maximum absolute atomic E-state index is 12.8. The number of carbonyl (C=O) groups excluding carboxylic acids is 2. The molecular formula is C25H17BrCl3NO4S. The van der Waals surface area contributed by atoms with Crippen molar-refractivity contribution in [2.24, 2.45) is 0 Å². The molecule has 0 spiro atoms. The third-order valence-electron chi connectivity index (χ3n) is 4.93. The molecule has 4 rings (SSSR count). The number of amides is 2. The fourth-order valence-corrected chi connectivity index (χ4v) is 5.45. The van der Waals surface area contributed by atoms with E-state index in [4.69, 9.17) is 44.3 Å². The minimum absolute atomic E-state index is 0.104. The first-order valence-electron chi connectivity index (χ1n) is 10.3. The van der Waals surface area contributed by atoms with E-state index in [-0.39, 0.29) is 25.0 Å². The SMILES string of the molecule is O=C1S/C(=C\c2cc(Cl)c(OCc3ccccc3Cl)c(Br)c2)C(=O)N1CCOc1ccccc1Cl. The zero-order valence-corrected chi connectivity index (χ0v) is 22.6. The van der Waals surface area contributed by atoms with Crippen LogP contribution in [0.3, 0.4) is 0 Å². The molecule has 0 bridgehead atoms. The van der Waals surface area contributed by atoms with Crippen LogP contribution in [0, 0.1) is 0 Å². The van der Waals surface area contributed by atoms with Crippen LogP contribution in [0.2, 0.25) is 15.1 Å². The number of halogens is 4. The highest BCUT2D eigenvalue weighted by Crippen LogP contribution is 2.38. The Bertz CT molecular complexity index is 1290. The lowest BCUT2D eigenvalue weighted by molar-refractivity contribution is -0.123. The van der Waals surface area contributed by atoms with Gasteiger partial charge in [-0.15, -0.1) is 0 Å². The normalized spacial score (nSPS) is 14.6. The van der Waals surface area contributed by atoms with E-state index >= 15 is 0 Å². The quantitative estimate of drug-likeness (QED) is 0.240. The van der Waals surface area contributed by atoms with Crippen LogP contribution in [0.1, 0.15) is 11.1 Å². The third kappa shape index (κ3) is 6.35. The second kappa shape index (κ2) is 11.7. The second-order valence-electron chi connectivity index (χ2n) is 7.31. The first-order chi connectivity index (χ1) is 16.8. The summed E-state index contributed by atoms with van der Waals surface area (Å²) < 4.78 is 12.1. The number of hydrogen-bond acceptors (Lipinski definition) is 5. The van der Waals surface area contributed by atoms with Gasteiger partial charge in [0, 0.05) is 10.6 Å². The number of hydrogen-bond donors (Lipinski definition) is 0. The Balaban J connectivity index is 1.42. The predicted molar refractivity (Wildman–Crippen MR) is 145 cm³/mol. The average molecular weight is 614 g/mol. The van der Waals surface area contributed by atoms with Crippen molar-refractivity contribution in [3.8, 4) is 11.5 Å². The molecule has 35 heavy (non-hydrogen) atoms. The van der Waals surface area contributed by atoms with E-state index in [1.165, 1.54) is 0 Å². The van der Waals surface area contributed by atoms with Crippen LogP contribution >= 0.6 is 62.5 Å². The maximum atomic E-state index is 12.8. The first kappa shape index (κ1) is 25.9. The van der Waals surface area contributed by atoms with E-state index in [1.54, 1.807) is 48.5 Å². The standard InChI is InChI=1S/C25H17BrCl3NO4S/c26-17-11-15(12-20(29)23(17)34-14-16-5-1-2-6-18(16)27)13-22-24(31)30(25(32)35-22)9-10-33-21-8-4-3-7-19(21)28/h1-8,11-13H,9-10,14H2/b22-13-. The number of benzene rings is 3. The van der Waals surface area contributed by atoms with Gasteiger partial charge in [-0.1, -0.05) is 65.1 Å². The molecule has 180 valence electrons. The number of imide groups is 1. The lowest BCUT2D eigenvalue weighted by Crippen LogP contribution is -2.32. The Kier molecular flexibility index (Phi) is 8.68. The van der Waals surface area contributed by atoms with Crippen LogP contribution in [0.4, 0.5) is 4.79 Å². The summed E-state index contributed by atoms with van der Waals surface area (Å²) in [6.45, 7) is 0.475. The summed E-state index contributed by atoms with van der Waals surface area (Å²) in [4.78, 5) is 26.7. The lowest BCUT2D eigenvalue weighted by atomic mass is 10.2. The van der Waals surface area contributed by atoms with Gasteiger partial charge in [0.25, 0.3) is 11.1 Å². The molecule has 0 aliphatic carbocycles. The van der Waals surface area contributed by atoms with Crippen molar-refractivity contribution in [3.05, 3.63) is 96.2 Å². The summed E-state index contributed by atoms with van der Waals surface area (Å²) in [7, 11) is 0. The molecule has 2 amide bonds. The molecule has 0 atom stereocenters. The lowest BCUT2D eigenvalue weighted by Gasteiger charge is -2.14. The average Bonchev–Trinajstić information content (AvgIpc) is 3.08. The maximum Gasteiger partial charge on any atom is 0.293 e. The van der Waals surface area contributed by atoms with Crippen LogP contribution in [-0.2, 0) is 11.4 Å². The van der Waals surface area contributed by atoms with Gasteiger partial charge in [0.15, 0.2) is 5.75 Å². The fourth-order valence-electron chi connectivity index (χ4n) is 3.22. The number of para-hydroxylation sites is 1. The minimum Gasteiger partial charge on any atom is -0.490 e.